The zero-order valence-electron chi connectivity index (χ0n) is 21.5. The van der Waals surface area contributed by atoms with Crippen LogP contribution >= 0.6 is 0 Å². The van der Waals surface area contributed by atoms with Crippen molar-refractivity contribution in [2.75, 3.05) is 20.3 Å². The van der Waals surface area contributed by atoms with Crippen molar-refractivity contribution >= 4 is 17.9 Å². The minimum Gasteiger partial charge on any atom is -0.445 e. The summed E-state index contributed by atoms with van der Waals surface area (Å²) in [6.07, 6.45) is 2.21. The van der Waals surface area contributed by atoms with Crippen LogP contribution in [-0.4, -0.2) is 61.2 Å². The van der Waals surface area contributed by atoms with E-state index in [4.69, 9.17) is 9.47 Å². The number of likely N-dealkylation sites (tertiary alicyclic amines) is 1. The predicted molar refractivity (Wildman–Crippen MR) is 137 cm³/mol. The number of hydrogen-bond donors (Lipinski definition) is 2. The van der Waals surface area contributed by atoms with Crippen molar-refractivity contribution in [2.45, 2.75) is 63.8 Å². The van der Waals surface area contributed by atoms with Crippen LogP contribution < -0.4 is 10.6 Å². The van der Waals surface area contributed by atoms with E-state index in [2.05, 4.69) is 10.6 Å². The number of hydrogen-bond acceptors (Lipinski definition) is 5. The molecule has 0 aliphatic carbocycles. The molecule has 0 spiro atoms. The van der Waals surface area contributed by atoms with Crippen molar-refractivity contribution in [1.82, 2.24) is 15.5 Å². The topological polar surface area (TPSA) is 97.0 Å². The van der Waals surface area contributed by atoms with Gasteiger partial charge in [0.25, 0.3) is 0 Å². The lowest BCUT2D eigenvalue weighted by Gasteiger charge is -2.29. The fourth-order valence-electron chi connectivity index (χ4n) is 4.41. The Hall–Kier alpha value is -3.46. The molecule has 0 unspecified atom stereocenters. The number of carbonyl (C=O) groups is 3. The molecule has 1 aliphatic rings. The predicted octanol–water partition coefficient (Wildman–Crippen LogP) is 3.59. The van der Waals surface area contributed by atoms with E-state index in [1.807, 2.05) is 37.3 Å². The van der Waals surface area contributed by atoms with Crippen molar-refractivity contribution in [2.24, 2.45) is 0 Å². The smallest absolute Gasteiger partial charge is 0.408 e. The maximum absolute atomic E-state index is 13.6. The molecule has 0 bridgehead atoms. The molecule has 2 aromatic rings. The quantitative estimate of drug-likeness (QED) is 0.423. The molecule has 3 amide bonds. The standard InChI is InChI=1S/C28H36FN3O5/c1-20(8-7-17-36-2)30-26(33)25-11-6-16-32(25)27(34)24(18-21-12-14-23(29)15-13-21)31-28(35)37-19-22-9-4-3-5-10-22/h3-5,9-10,12-15,20,24-25H,6-8,11,16-19H2,1-2H3,(H,30,33)(H,31,35)/t20-,24-,25+/m1/s1. The molecule has 1 saturated heterocycles. The number of methoxy groups -OCH3 is 1. The van der Waals surface area contributed by atoms with Gasteiger partial charge in [-0.15, -0.1) is 0 Å². The highest BCUT2D eigenvalue weighted by atomic mass is 19.1. The highest BCUT2D eigenvalue weighted by Crippen LogP contribution is 2.20. The third kappa shape index (κ3) is 8.86. The first kappa shape index (κ1) is 28.1. The second kappa shape index (κ2) is 14.3. The first-order valence-electron chi connectivity index (χ1n) is 12.7. The number of carbonyl (C=O) groups excluding carboxylic acids is 3. The van der Waals surface area contributed by atoms with E-state index in [1.54, 1.807) is 19.2 Å². The number of ether oxygens (including phenoxy) is 2. The van der Waals surface area contributed by atoms with E-state index in [0.29, 0.717) is 31.6 Å². The zero-order chi connectivity index (χ0) is 26.6. The van der Waals surface area contributed by atoms with Crippen molar-refractivity contribution in [1.29, 1.82) is 0 Å². The molecule has 1 fully saturated rings. The lowest BCUT2D eigenvalue weighted by molar-refractivity contribution is -0.140. The fourth-order valence-corrected chi connectivity index (χ4v) is 4.41. The van der Waals surface area contributed by atoms with Gasteiger partial charge in [-0.05, 0) is 55.9 Å². The molecule has 0 saturated carbocycles. The average molecular weight is 514 g/mol. The third-order valence-electron chi connectivity index (χ3n) is 6.37. The first-order chi connectivity index (χ1) is 17.9. The summed E-state index contributed by atoms with van der Waals surface area (Å²) in [5.74, 6) is -0.966. The Balaban J connectivity index is 1.67. The summed E-state index contributed by atoms with van der Waals surface area (Å²) < 4.78 is 23.8. The SMILES string of the molecule is COCCC[C@@H](C)NC(=O)[C@@H]1CCCN1C(=O)[C@@H](Cc1ccc(F)cc1)NC(=O)OCc1ccccc1. The van der Waals surface area contributed by atoms with Crippen molar-refractivity contribution in [3.63, 3.8) is 0 Å². The summed E-state index contributed by atoms with van der Waals surface area (Å²) in [7, 11) is 1.64. The number of nitrogens with zero attached hydrogens (tertiary/aromatic N) is 1. The number of benzene rings is 2. The second-order valence-electron chi connectivity index (χ2n) is 9.32. The van der Waals surface area contributed by atoms with E-state index in [0.717, 1.165) is 18.4 Å². The fraction of sp³-hybridized carbons (Fsp3) is 0.464. The van der Waals surface area contributed by atoms with Crippen molar-refractivity contribution in [3.05, 3.63) is 71.5 Å². The summed E-state index contributed by atoms with van der Waals surface area (Å²) >= 11 is 0. The number of halogens is 1. The van der Waals surface area contributed by atoms with E-state index >= 15 is 0 Å². The van der Waals surface area contributed by atoms with E-state index in [-0.39, 0.29) is 30.9 Å². The zero-order valence-corrected chi connectivity index (χ0v) is 21.5. The van der Waals surface area contributed by atoms with Crippen LogP contribution in [-0.2, 0) is 32.1 Å². The summed E-state index contributed by atoms with van der Waals surface area (Å²) in [5.41, 5.74) is 1.49. The summed E-state index contributed by atoms with van der Waals surface area (Å²) in [6.45, 7) is 3.01. The Bertz CT molecular complexity index is 1020. The Kier molecular flexibility index (Phi) is 10.9. The Morgan fingerprint density at radius 2 is 1.78 bits per heavy atom. The van der Waals surface area contributed by atoms with Crippen LogP contribution in [0.25, 0.3) is 0 Å². The number of rotatable bonds is 12. The molecule has 3 rings (SSSR count). The van der Waals surface area contributed by atoms with Crippen LogP contribution in [0.4, 0.5) is 9.18 Å². The molecular formula is C28H36FN3O5. The number of amides is 3. The van der Waals surface area contributed by atoms with Gasteiger partial charge in [-0.1, -0.05) is 42.5 Å². The first-order valence-corrected chi connectivity index (χ1v) is 12.7. The largest absolute Gasteiger partial charge is 0.445 e. The van der Waals surface area contributed by atoms with Gasteiger partial charge in [0.15, 0.2) is 0 Å². The Labute approximate surface area is 217 Å². The molecule has 1 heterocycles. The lowest BCUT2D eigenvalue weighted by atomic mass is 10.0. The van der Waals surface area contributed by atoms with Gasteiger partial charge in [-0.25, -0.2) is 9.18 Å². The van der Waals surface area contributed by atoms with Gasteiger partial charge in [0, 0.05) is 32.7 Å². The molecule has 2 aromatic carbocycles. The van der Waals surface area contributed by atoms with Gasteiger partial charge >= 0.3 is 6.09 Å². The normalized spacial score (nSPS) is 16.6. The van der Waals surface area contributed by atoms with Crippen LogP contribution in [0, 0.1) is 5.82 Å². The number of alkyl carbamates (subject to hydrolysis) is 1. The van der Waals surface area contributed by atoms with Gasteiger partial charge < -0.3 is 25.0 Å². The molecule has 37 heavy (non-hydrogen) atoms. The van der Waals surface area contributed by atoms with Crippen LogP contribution in [0.1, 0.15) is 43.7 Å². The van der Waals surface area contributed by atoms with Gasteiger partial charge in [-0.3, -0.25) is 9.59 Å². The average Bonchev–Trinajstić information content (AvgIpc) is 3.39. The summed E-state index contributed by atoms with van der Waals surface area (Å²) in [4.78, 5) is 40.8. The maximum atomic E-state index is 13.6. The molecule has 0 radical (unpaired) electrons. The van der Waals surface area contributed by atoms with Crippen molar-refractivity contribution in [3.8, 4) is 0 Å². The van der Waals surface area contributed by atoms with Crippen LogP contribution in [0.15, 0.2) is 54.6 Å². The molecule has 8 nitrogen and oxygen atoms in total. The third-order valence-corrected chi connectivity index (χ3v) is 6.37. The molecule has 2 N–H and O–H groups in total. The second-order valence-corrected chi connectivity index (χ2v) is 9.32. The van der Waals surface area contributed by atoms with E-state index < -0.39 is 24.0 Å². The molecule has 3 atom stereocenters. The maximum Gasteiger partial charge on any atom is 0.408 e. The van der Waals surface area contributed by atoms with Gasteiger partial charge in [0.05, 0.1) is 0 Å². The molecule has 9 heteroatoms. The molecular weight excluding hydrogens is 477 g/mol. The summed E-state index contributed by atoms with van der Waals surface area (Å²) in [6, 6.07) is 13.3. The number of nitrogens with one attached hydrogen (secondary N) is 2. The highest BCUT2D eigenvalue weighted by molar-refractivity contribution is 5.92. The van der Waals surface area contributed by atoms with Crippen LogP contribution in [0.2, 0.25) is 0 Å². The summed E-state index contributed by atoms with van der Waals surface area (Å²) in [5, 5.41) is 5.67. The Morgan fingerprint density at radius 1 is 1.05 bits per heavy atom. The molecule has 0 aromatic heterocycles. The molecule has 1 aliphatic heterocycles. The molecule has 200 valence electrons. The minimum atomic E-state index is -0.971. The van der Waals surface area contributed by atoms with E-state index in [9.17, 15) is 18.8 Å². The minimum absolute atomic E-state index is 0.0543. The van der Waals surface area contributed by atoms with Crippen LogP contribution in [0.3, 0.4) is 0 Å². The Morgan fingerprint density at radius 3 is 2.49 bits per heavy atom. The van der Waals surface area contributed by atoms with Gasteiger partial charge in [0.1, 0.15) is 24.5 Å². The monoisotopic (exact) mass is 513 g/mol. The van der Waals surface area contributed by atoms with E-state index in [1.165, 1.54) is 17.0 Å². The van der Waals surface area contributed by atoms with Gasteiger partial charge in [0.2, 0.25) is 11.8 Å². The van der Waals surface area contributed by atoms with Gasteiger partial charge in [-0.2, -0.15) is 0 Å². The van der Waals surface area contributed by atoms with Crippen molar-refractivity contribution < 1.29 is 28.2 Å². The highest BCUT2D eigenvalue weighted by Gasteiger charge is 2.38. The lowest BCUT2D eigenvalue weighted by Crippen LogP contribution is -2.55. The van der Waals surface area contributed by atoms with Crippen LogP contribution in [0.5, 0.6) is 0 Å².